The molecular weight excluding hydrogens is 330 g/mol. The zero-order valence-electron chi connectivity index (χ0n) is 17.1. The lowest BCUT2D eigenvalue weighted by molar-refractivity contribution is 0.0448. The summed E-state index contributed by atoms with van der Waals surface area (Å²) in [5, 5.41) is 9.65. The third kappa shape index (κ3) is 7.80. The number of aliphatic imine (C=N–C) groups is 1. The van der Waals surface area contributed by atoms with Crippen LogP contribution in [0.4, 0.5) is 4.79 Å². The molecule has 0 aromatic carbocycles. The van der Waals surface area contributed by atoms with Crippen LogP contribution in [0.1, 0.15) is 47.5 Å². The normalized spacial score (nSPS) is 12.6. The van der Waals surface area contributed by atoms with Gasteiger partial charge < -0.3 is 25.3 Å². The van der Waals surface area contributed by atoms with Crippen molar-refractivity contribution in [3.63, 3.8) is 0 Å². The van der Waals surface area contributed by atoms with Crippen molar-refractivity contribution in [2.75, 3.05) is 20.1 Å². The van der Waals surface area contributed by atoms with E-state index < -0.39 is 11.7 Å². The van der Waals surface area contributed by atoms with E-state index in [1.54, 1.807) is 7.05 Å². The number of nitrogens with zero attached hydrogens (tertiary/aromatic N) is 2. The Kier molecular flexibility index (Phi) is 8.48. The van der Waals surface area contributed by atoms with Crippen LogP contribution in [0.15, 0.2) is 29.5 Å². The van der Waals surface area contributed by atoms with Gasteiger partial charge in [0.15, 0.2) is 5.96 Å². The second-order valence-corrected chi connectivity index (χ2v) is 7.39. The van der Waals surface area contributed by atoms with Crippen LogP contribution in [0.3, 0.4) is 0 Å². The van der Waals surface area contributed by atoms with Crippen LogP contribution in [-0.2, 0) is 11.3 Å². The van der Waals surface area contributed by atoms with Crippen LogP contribution < -0.4 is 16.0 Å². The molecule has 0 unspecified atom stereocenters. The van der Waals surface area contributed by atoms with Gasteiger partial charge in [-0.3, -0.25) is 4.99 Å². The number of guanidine groups is 1. The molecule has 0 saturated heterocycles. The van der Waals surface area contributed by atoms with Gasteiger partial charge in [-0.15, -0.1) is 0 Å². The van der Waals surface area contributed by atoms with Crippen LogP contribution in [0.25, 0.3) is 0 Å². The average Bonchev–Trinajstić information content (AvgIpc) is 3.08. The Bertz CT molecular complexity index is 557. The highest BCUT2D eigenvalue weighted by Crippen LogP contribution is 2.16. The Morgan fingerprint density at radius 2 is 1.73 bits per heavy atom. The SMILES string of the molecule is CCC(CC)(CNC(=NC)NCCn1cccc1)NC(=O)OC(C)(C)C. The third-order valence-electron chi connectivity index (χ3n) is 4.27. The van der Waals surface area contributed by atoms with E-state index in [-0.39, 0.29) is 5.54 Å². The van der Waals surface area contributed by atoms with Crippen molar-refractivity contribution in [3.05, 3.63) is 24.5 Å². The van der Waals surface area contributed by atoms with Gasteiger partial charge in [-0.2, -0.15) is 0 Å². The van der Waals surface area contributed by atoms with Crippen molar-refractivity contribution in [2.24, 2.45) is 4.99 Å². The zero-order chi connectivity index (χ0) is 19.6. The smallest absolute Gasteiger partial charge is 0.408 e. The van der Waals surface area contributed by atoms with Gasteiger partial charge in [-0.25, -0.2) is 4.79 Å². The van der Waals surface area contributed by atoms with E-state index in [1.165, 1.54) is 0 Å². The first kappa shape index (κ1) is 21.9. The highest BCUT2D eigenvalue weighted by molar-refractivity contribution is 5.79. The molecule has 0 aliphatic rings. The minimum Gasteiger partial charge on any atom is -0.444 e. The Labute approximate surface area is 157 Å². The molecule has 0 atom stereocenters. The predicted octanol–water partition coefficient (Wildman–Crippen LogP) is 2.74. The molecule has 0 aliphatic heterocycles. The topological polar surface area (TPSA) is 79.7 Å². The lowest BCUT2D eigenvalue weighted by Crippen LogP contribution is -2.57. The summed E-state index contributed by atoms with van der Waals surface area (Å²) in [6.45, 7) is 11.9. The molecule has 148 valence electrons. The molecule has 1 aromatic rings. The summed E-state index contributed by atoms with van der Waals surface area (Å²) in [5.41, 5.74) is -0.902. The number of hydrogen-bond acceptors (Lipinski definition) is 3. The minimum atomic E-state index is -0.513. The van der Waals surface area contributed by atoms with Gasteiger partial charge in [0, 0.05) is 39.1 Å². The molecule has 1 heterocycles. The van der Waals surface area contributed by atoms with Crippen molar-refractivity contribution in [3.8, 4) is 0 Å². The maximum atomic E-state index is 12.2. The van der Waals surface area contributed by atoms with E-state index in [0.717, 1.165) is 31.9 Å². The van der Waals surface area contributed by atoms with Crippen LogP contribution >= 0.6 is 0 Å². The van der Waals surface area contributed by atoms with Crippen molar-refractivity contribution in [1.82, 2.24) is 20.5 Å². The molecule has 1 rings (SSSR count). The fraction of sp³-hybridized carbons (Fsp3) is 0.684. The first-order chi connectivity index (χ1) is 12.2. The van der Waals surface area contributed by atoms with Crippen LogP contribution in [-0.4, -0.2) is 47.9 Å². The summed E-state index contributed by atoms with van der Waals surface area (Å²) in [5.74, 6) is 0.717. The molecule has 0 radical (unpaired) electrons. The Balaban J connectivity index is 2.54. The summed E-state index contributed by atoms with van der Waals surface area (Å²) in [4.78, 5) is 16.5. The Hall–Kier alpha value is -2.18. The molecule has 0 aliphatic carbocycles. The van der Waals surface area contributed by atoms with Gasteiger partial charge in [0.2, 0.25) is 0 Å². The Morgan fingerprint density at radius 1 is 1.12 bits per heavy atom. The number of nitrogens with one attached hydrogen (secondary N) is 3. The molecule has 1 amide bonds. The highest BCUT2D eigenvalue weighted by atomic mass is 16.6. The van der Waals surface area contributed by atoms with Gasteiger partial charge in [0.05, 0.1) is 5.54 Å². The van der Waals surface area contributed by atoms with Gasteiger partial charge in [-0.1, -0.05) is 13.8 Å². The number of alkyl carbamates (subject to hydrolysis) is 1. The fourth-order valence-corrected chi connectivity index (χ4v) is 2.54. The fourth-order valence-electron chi connectivity index (χ4n) is 2.54. The molecule has 3 N–H and O–H groups in total. The van der Waals surface area contributed by atoms with E-state index in [1.807, 2.05) is 45.3 Å². The molecule has 7 heteroatoms. The quantitative estimate of drug-likeness (QED) is 0.489. The number of carbonyl (C=O) groups is 1. The summed E-state index contributed by atoms with van der Waals surface area (Å²) in [6.07, 6.45) is 5.24. The number of rotatable bonds is 8. The van der Waals surface area contributed by atoms with Gasteiger partial charge >= 0.3 is 6.09 Å². The van der Waals surface area contributed by atoms with E-state index in [9.17, 15) is 4.79 Å². The average molecular weight is 366 g/mol. The molecule has 0 bridgehead atoms. The highest BCUT2D eigenvalue weighted by Gasteiger charge is 2.30. The second kappa shape index (κ2) is 10.1. The third-order valence-corrected chi connectivity index (χ3v) is 4.27. The zero-order valence-corrected chi connectivity index (χ0v) is 17.1. The van der Waals surface area contributed by atoms with Crippen LogP contribution in [0.5, 0.6) is 0 Å². The lowest BCUT2D eigenvalue weighted by Gasteiger charge is -2.34. The number of carbonyl (C=O) groups excluding carboxylic acids is 1. The molecular formula is C19H35N5O2. The van der Waals surface area contributed by atoms with E-state index in [0.29, 0.717) is 6.54 Å². The molecule has 0 spiro atoms. The number of aromatic nitrogens is 1. The standard InChI is InChI=1S/C19H35N5O2/c1-7-19(8-2,23-17(25)26-18(3,4)5)15-22-16(20-6)21-11-14-24-12-9-10-13-24/h9-10,12-13H,7-8,11,14-15H2,1-6H3,(H,23,25)(H2,20,21,22). The van der Waals surface area contributed by atoms with Crippen molar-refractivity contribution in [2.45, 2.75) is 65.1 Å². The summed E-state index contributed by atoms with van der Waals surface area (Å²) < 4.78 is 7.51. The van der Waals surface area contributed by atoms with E-state index >= 15 is 0 Å². The van der Waals surface area contributed by atoms with Crippen molar-refractivity contribution >= 4 is 12.1 Å². The second-order valence-electron chi connectivity index (χ2n) is 7.39. The number of amides is 1. The molecule has 0 fully saturated rings. The van der Waals surface area contributed by atoms with Crippen LogP contribution in [0, 0.1) is 0 Å². The molecule has 0 saturated carbocycles. The van der Waals surface area contributed by atoms with Gasteiger partial charge in [0.1, 0.15) is 5.60 Å². The molecule has 7 nitrogen and oxygen atoms in total. The Morgan fingerprint density at radius 3 is 2.23 bits per heavy atom. The lowest BCUT2D eigenvalue weighted by atomic mass is 9.93. The minimum absolute atomic E-state index is 0.389. The first-order valence-corrected chi connectivity index (χ1v) is 9.30. The monoisotopic (exact) mass is 365 g/mol. The maximum absolute atomic E-state index is 12.2. The predicted molar refractivity (Wildman–Crippen MR) is 106 cm³/mol. The van der Waals surface area contributed by atoms with Crippen LogP contribution in [0.2, 0.25) is 0 Å². The summed E-state index contributed by atoms with van der Waals surface area (Å²) >= 11 is 0. The van der Waals surface area contributed by atoms with Gasteiger partial charge in [0.25, 0.3) is 0 Å². The summed E-state index contributed by atoms with van der Waals surface area (Å²) in [7, 11) is 1.74. The van der Waals surface area contributed by atoms with Gasteiger partial charge in [-0.05, 0) is 45.7 Å². The molecule has 1 aromatic heterocycles. The summed E-state index contributed by atoms with van der Waals surface area (Å²) in [6, 6.07) is 4.01. The van der Waals surface area contributed by atoms with Crippen molar-refractivity contribution < 1.29 is 9.53 Å². The van der Waals surface area contributed by atoms with E-state index in [4.69, 9.17) is 4.74 Å². The van der Waals surface area contributed by atoms with E-state index in [2.05, 4.69) is 39.4 Å². The maximum Gasteiger partial charge on any atom is 0.408 e. The number of ether oxygens (including phenoxy) is 1. The van der Waals surface area contributed by atoms with Crippen molar-refractivity contribution in [1.29, 1.82) is 0 Å². The first-order valence-electron chi connectivity index (χ1n) is 9.30. The number of hydrogen-bond donors (Lipinski definition) is 3. The largest absolute Gasteiger partial charge is 0.444 e. The molecule has 26 heavy (non-hydrogen) atoms.